The lowest BCUT2D eigenvalue weighted by Gasteiger charge is -2.29. The Bertz CT molecular complexity index is 411. The van der Waals surface area contributed by atoms with E-state index in [1.165, 1.54) is 5.69 Å². The van der Waals surface area contributed by atoms with Gasteiger partial charge >= 0.3 is 0 Å². The molecular formula is C15H21NO2. The van der Waals surface area contributed by atoms with Crippen molar-refractivity contribution < 1.29 is 9.53 Å². The SMILES string of the molecule is CC(C)(C)C(=O)c1ccc(N2CCOCC2)cc1. The number of ketones is 1. The molecule has 1 aromatic carbocycles. The first kappa shape index (κ1) is 13.1. The Morgan fingerprint density at radius 2 is 1.67 bits per heavy atom. The Morgan fingerprint density at radius 3 is 2.17 bits per heavy atom. The minimum Gasteiger partial charge on any atom is -0.378 e. The Balaban J connectivity index is 2.12. The maximum absolute atomic E-state index is 12.1. The summed E-state index contributed by atoms with van der Waals surface area (Å²) in [5.41, 5.74) is 1.64. The standard InChI is InChI=1S/C15H21NO2/c1-15(2,3)14(17)12-4-6-13(7-5-12)16-8-10-18-11-9-16/h4-7H,8-11H2,1-3H3. The zero-order chi connectivity index (χ0) is 13.2. The zero-order valence-corrected chi connectivity index (χ0v) is 11.4. The molecule has 1 saturated heterocycles. The molecule has 18 heavy (non-hydrogen) atoms. The topological polar surface area (TPSA) is 29.5 Å². The van der Waals surface area contributed by atoms with Gasteiger partial charge in [0.25, 0.3) is 0 Å². The molecule has 1 heterocycles. The largest absolute Gasteiger partial charge is 0.378 e. The van der Waals surface area contributed by atoms with Gasteiger partial charge in [-0.3, -0.25) is 4.79 Å². The van der Waals surface area contributed by atoms with E-state index in [-0.39, 0.29) is 11.2 Å². The third-order valence-corrected chi connectivity index (χ3v) is 3.19. The second kappa shape index (κ2) is 5.11. The van der Waals surface area contributed by atoms with E-state index >= 15 is 0 Å². The maximum Gasteiger partial charge on any atom is 0.168 e. The second-order valence-electron chi connectivity index (χ2n) is 5.73. The van der Waals surface area contributed by atoms with Gasteiger partial charge in [-0.05, 0) is 24.3 Å². The van der Waals surface area contributed by atoms with Crippen molar-refractivity contribution in [2.45, 2.75) is 20.8 Å². The van der Waals surface area contributed by atoms with Gasteiger partial charge in [-0.25, -0.2) is 0 Å². The fourth-order valence-electron chi connectivity index (χ4n) is 2.08. The van der Waals surface area contributed by atoms with Crippen molar-refractivity contribution in [3.8, 4) is 0 Å². The third kappa shape index (κ3) is 2.91. The number of benzene rings is 1. The Kier molecular flexibility index (Phi) is 3.71. The van der Waals surface area contributed by atoms with Crippen LogP contribution >= 0.6 is 0 Å². The Morgan fingerprint density at radius 1 is 1.11 bits per heavy atom. The van der Waals surface area contributed by atoms with Crippen LogP contribution in [0.4, 0.5) is 5.69 Å². The molecule has 0 spiro atoms. The smallest absolute Gasteiger partial charge is 0.168 e. The summed E-state index contributed by atoms with van der Waals surface area (Å²) in [6.07, 6.45) is 0. The van der Waals surface area contributed by atoms with Crippen molar-refractivity contribution in [1.82, 2.24) is 0 Å². The van der Waals surface area contributed by atoms with Crippen molar-refractivity contribution in [3.63, 3.8) is 0 Å². The van der Waals surface area contributed by atoms with Crippen LogP contribution < -0.4 is 4.90 Å². The van der Waals surface area contributed by atoms with Gasteiger partial charge in [0.1, 0.15) is 0 Å². The molecule has 0 bridgehead atoms. The number of hydrogen-bond donors (Lipinski definition) is 0. The zero-order valence-electron chi connectivity index (χ0n) is 11.4. The van der Waals surface area contributed by atoms with E-state index in [9.17, 15) is 4.79 Å². The summed E-state index contributed by atoms with van der Waals surface area (Å²) in [5, 5.41) is 0. The molecule has 0 amide bonds. The lowest BCUT2D eigenvalue weighted by Crippen LogP contribution is -2.36. The molecule has 0 unspecified atom stereocenters. The highest BCUT2D eigenvalue weighted by atomic mass is 16.5. The first-order valence-electron chi connectivity index (χ1n) is 6.46. The van der Waals surface area contributed by atoms with Crippen LogP contribution in [0.5, 0.6) is 0 Å². The number of carbonyl (C=O) groups excluding carboxylic acids is 1. The third-order valence-electron chi connectivity index (χ3n) is 3.19. The van der Waals surface area contributed by atoms with E-state index in [0.29, 0.717) is 0 Å². The predicted molar refractivity (Wildman–Crippen MR) is 73.3 cm³/mol. The van der Waals surface area contributed by atoms with Gasteiger partial charge < -0.3 is 9.64 Å². The molecule has 98 valence electrons. The number of carbonyl (C=O) groups is 1. The molecule has 1 fully saturated rings. The van der Waals surface area contributed by atoms with Gasteiger partial charge in [-0.15, -0.1) is 0 Å². The van der Waals surface area contributed by atoms with E-state index in [2.05, 4.69) is 4.90 Å². The molecule has 0 aromatic heterocycles. The van der Waals surface area contributed by atoms with Gasteiger partial charge in [0.2, 0.25) is 0 Å². The average molecular weight is 247 g/mol. The summed E-state index contributed by atoms with van der Waals surface area (Å²) < 4.78 is 5.33. The number of nitrogens with zero attached hydrogens (tertiary/aromatic N) is 1. The molecule has 0 radical (unpaired) electrons. The summed E-state index contributed by atoms with van der Waals surface area (Å²) in [4.78, 5) is 14.4. The van der Waals surface area contributed by atoms with Crippen molar-refractivity contribution in [2.24, 2.45) is 5.41 Å². The monoisotopic (exact) mass is 247 g/mol. The van der Waals surface area contributed by atoms with Crippen molar-refractivity contribution >= 4 is 11.5 Å². The van der Waals surface area contributed by atoms with Gasteiger partial charge in [0.05, 0.1) is 13.2 Å². The molecular weight excluding hydrogens is 226 g/mol. The predicted octanol–water partition coefficient (Wildman–Crippen LogP) is 2.75. The lowest BCUT2D eigenvalue weighted by molar-refractivity contribution is 0.0858. The second-order valence-corrected chi connectivity index (χ2v) is 5.73. The van der Waals surface area contributed by atoms with E-state index < -0.39 is 0 Å². The maximum atomic E-state index is 12.1. The molecule has 0 N–H and O–H groups in total. The molecule has 3 heteroatoms. The molecule has 0 saturated carbocycles. The number of anilines is 1. The molecule has 0 aliphatic carbocycles. The highest BCUT2D eigenvalue weighted by molar-refractivity contribution is 6.00. The van der Waals surface area contributed by atoms with Crippen LogP contribution in [0.15, 0.2) is 24.3 Å². The summed E-state index contributed by atoms with van der Waals surface area (Å²) in [7, 11) is 0. The van der Waals surface area contributed by atoms with Gasteiger partial charge in [-0.2, -0.15) is 0 Å². The highest BCUT2D eigenvalue weighted by Crippen LogP contribution is 2.23. The minimum absolute atomic E-state index is 0.191. The average Bonchev–Trinajstić information content (AvgIpc) is 2.38. The fraction of sp³-hybridized carbons (Fsp3) is 0.533. The molecule has 3 nitrogen and oxygen atoms in total. The molecule has 2 rings (SSSR count). The van der Waals surface area contributed by atoms with Gasteiger partial charge in [0, 0.05) is 29.8 Å². The molecule has 1 aliphatic rings. The van der Waals surface area contributed by atoms with Crippen LogP contribution in [-0.2, 0) is 4.74 Å². The first-order chi connectivity index (χ1) is 8.48. The van der Waals surface area contributed by atoms with E-state index in [1.54, 1.807) is 0 Å². The number of hydrogen-bond acceptors (Lipinski definition) is 3. The fourth-order valence-corrected chi connectivity index (χ4v) is 2.08. The summed E-state index contributed by atoms with van der Waals surface area (Å²) in [5.74, 6) is 0.191. The van der Waals surface area contributed by atoms with Crippen molar-refractivity contribution in [2.75, 3.05) is 31.2 Å². The summed E-state index contributed by atoms with van der Waals surface area (Å²) in [6.45, 7) is 9.26. The highest BCUT2D eigenvalue weighted by Gasteiger charge is 2.22. The molecule has 0 atom stereocenters. The molecule has 1 aromatic rings. The van der Waals surface area contributed by atoms with Crippen LogP contribution in [0, 0.1) is 5.41 Å². The van der Waals surface area contributed by atoms with E-state index in [0.717, 1.165) is 31.9 Å². The summed E-state index contributed by atoms with van der Waals surface area (Å²) >= 11 is 0. The summed E-state index contributed by atoms with van der Waals surface area (Å²) in [6, 6.07) is 7.92. The Hall–Kier alpha value is -1.35. The van der Waals surface area contributed by atoms with Crippen LogP contribution in [0.25, 0.3) is 0 Å². The van der Waals surface area contributed by atoms with Gasteiger partial charge in [0.15, 0.2) is 5.78 Å². The lowest BCUT2D eigenvalue weighted by atomic mass is 9.86. The van der Waals surface area contributed by atoms with E-state index in [4.69, 9.17) is 4.74 Å². The molecule has 1 aliphatic heterocycles. The minimum atomic E-state index is -0.319. The number of morpholine rings is 1. The van der Waals surface area contributed by atoms with Crippen molar-refractivity contribution in [1.29, 1.82) is 0 Å². The number of ether oxygens (including phenoxy) is 1. The van der Waals surface area contributed by atoms with Crippen LogP contribution in [0.3, 0.4) is 0 Å². The van der Waals surface area contributed by atoms with Crippen LogP contribution in [0.2, 0.25) is 0 Å². The number of rotatable bonds is 2. The normalized spacial score (nSPS) is 16.7. The van der Waals surface area contributed by atoms with Crippen LogP contribution in [-0.4, -0.2) is 32.1 Å². The van der Waals surface area contributed by atoms with Crippen LogP contribution in [0.1, 0.15) is 31.1 Å². The first-order valence-corrected chi connectivity index (χ1v) is 6.46. The van der Waals surface area contributed by atoms with Crippen molar-refractivity contribution in [3.05, 3.63) is 29.8 Å². The number of Topliss-reactive ketones (excluding diaryl/α,β-unsaturated/α-hetero) is 1. The van der Waals surface area contributed by atoms with Gasteiger partial charge in [-0.1, -0.05) is 20.8 Å². The quantitative estimate of drug-likeness (QED) is 0.753. The van der Waals surface area contributed by atoms with E-state index in [1.807, 2.05) is 45.0 Å². The Labute approximate surface area is 109 Å².